The maximum atomic E-state index is 13.0. The molecule has 9 nitrogen and oxygen atoms in total. The lowest BCUT2D eigenvalue weighted by Crippen LogP contribution is -2.52. The molecule has 3 aromatic carbocycles. The number of carbonyl (C=O) groups excluding carboxylic acids is 1. The van der Waals surface area contributed by atoms with Gasteiger partial charge in [0.15, 0.2) is 0 Å². The maximum absolute atomic E-state index is 13.0. The average Bonchev–Trinajstić information content (AvgIpc) is 2.88. The van der Waals surface area contributed by atoms with Gasteiger partial charge >= 0.3 is 0 Å². The van der Waals surface area contributed by atoms with E-state index in [0.29, 0.717) is 15.6 Å². The van der Waals surface area contributed by atoms with Gasteiger partial charge in [-0.15, -0.1) is 4.40 Å². The Hall–Kier alpha value is -3.44. The van der Waals surface area contributed by atoms with E-state index in [-0.39, 0.29) is 23.1 Å². The van der Waals surface area contributed by atoms with E-state index in [1.165, 1.54) is 24.3 Å². The summed E-state index contributed by atoms with van der Waals surface area (Å²) in [4.78, 5) is 11.6. The zero-order valence-electron chi connectivity index (χ0n) is 19.4. The number of aliphatic hydroxyl groups excluding tert-OH is 1. The molecule has 0 spiro atoms. The van der Waals surface area contributed by atoms with E-state index in [9.17, 15) is 18.3 Å². The van der Waals surface area contributed by atoms with Crippen LogP contribution in [0.5, 0.6) is 0 Å². The number of amides is 1. The van der Waals surface area contributed by atoms with Crippen LogP contribution in [0.25, 0.3) is 0 Å². The van der Waals surface area contributed by atoms with Crippen molar-refractivity contribution < 1.29 is 18.3 Å². The molecule has 0 saturated heterocycles. The molecule has 194 valence electrons. The minimum atomic E-state index is -4.24. The van der Waals surface area contributed by atoms with E-state index in [1.807, 2.05) is 30.3 Å². The average molecular weight is 562 g/mol. The molecule has 0 radical (unpaired) electrons. The number of aliphatic hydroxyl groups is 1. The lowest BCUT2D eigenvalue weighted by atomic mass is 9.90. The van der Waals surface area contributed by atoms with E-state index >= 15 is 0 Å². The Kier molecular flexibility index (Phi) is 9.65. The summed E-state index contributed by atoms with van der Waals surface area (Å²) in [6, 6.07) is 20.0. The standard InChI is InChI=1S/C25H25Cl2N5O4S/c26-18-8-6-17(7-9-18)23(28)21(16-4-2-1-3-5-16)14-30-25(31-22(15-33)24(29)34)32-37(35,36)20-12-10-19(27)11-13-20/h1-13,21-22,28,33H,14-15H2,(H2,29,34)(H2,30,31,32)/t21-,22+/m1/s1. The van der Waals surface area contributed by atoms with Gasteiger partial charge in [-0.3, -0.25) is 4.79 Å². The Labute approximate surface area is 224 Å². The van der Waals surface area contributed by atoms with Crippen LogP contribution in [-0.4, -0.2) is 50.3 Å². The largest absolute Gasteiger partial charge is 0.394 e. The van der Waals surface area contributed by atoms with Gasteiger partial charge in [-0.05, 0) is 47.5 Å². The molecule has 1 amide bonds. The molecule has 0 aliphatic rings. The van der Waals surface area contributed by atoms with Crippen LogP contribution < -0.4 is 16.4 Å². The van der Waals surface area contributed by atoms with Crippen LogP contribution in [-0.2, 0) is 14.8 Å². The molecule has 0 unspecified atom stereocenters. The van der Waals surface area contributed by atoms with Gasteiger partial charge in [0.1, 0.15) is 6.04 Å². The van der Waals surface area contributed by atoms with Crippen molar-refractivity contribution in [2.24, 2.45) is 10.1 Å². The lowest BCUT2D eigenvalue weighted by Gasteiger charge is -2.23. The van der Waals surface area contributed by atoms with Crippen molar-refractivity contribution >= 4 is 50.8 Å². The van der Waals surface area contributed by atoms with Crippen molar-refractivity contribution in [3.63, 3.8) is 0 Å². The van der Waals surface area contributed by atoms with Gasteiger partial charge in [0.25, 0.3) is 10.0 Å². The van der Waals surface area contributed by atoms with Crippen molar-refractivity contribution in [1.29, 1.82) is 5.41 Å². The van der Waals surface area contributed by atoms with Crippen LogP contribution in [0.3, 0.4) is 0 Å². The summed E-state index contributed by atoms with van der Waals surface area (Å²) in [5, 5.41) is 24.7. The van der Waals surface area contributed by atoms with Gasteiger partial charge in [-0.2, -0.15) is 8.42 Å². The third-order valence-corrected chi connectivity index (χ3v) is 7.13. The number of primary amides is 1. The lowest BCUT2D eigenvalue weighted by molar-refractivity contribution is -0.120. The van der Waals surface area contributed by atoms with Gasteiger partial charge in [-0.25, -0.2) is 0 Å². The summed E-state index contributed by atoms with van der Waals surface area (Å²) >= 11 is 11.9. The number of hydrogen-bond acceptors (Lipinski definition) is 5. The van der Waals surface area contributed by atoms with Crippen molar-refractivity contribution in [2.45, 2.75) is 16.9 Å². The van der Waals surface area contributed by atoms with Crippen LogP contribution in [0.15, 0.2) is 88.2 Å². The third kappa shape index (κ3) is 7.77. The van der Waals surface area contributed by atoms with Gasteiger partial charge in [-0.1, -0.05) is 65.7 Å². The predicted octanol–water partition coefficient (Wildman–Crippen LogP) is 2.92. The molecule has 3 aromatic rings. The number of hydrogen-bond donors (Lipinski definition) is 5. The molecule has 0 aromatic heterocycles. The summed E-state index contributed by atoms with van der Waals surface area (Å²) < 4.78 is 29.7. The van der Waals surface area contributed by atoms with Crippen LogP contribution in [0, 0.1) is 5.41 Å². The Morgan fingerprint density at radius 3 is 2.08 bits per heavy atom. The number of sulfonamides is 1. The zero-order chi connectivity index (χ0) is 27.0. The molecule has 0 aliphatic heterocycles. The summed E-state index contributed by atoms with van der Waals surface area (Å²) in [7, 11) is -4.24. The summed E-state index contributed by atoms with van der Waals surface area (Å²) in [5.41, 5.74) is 6.95. The number of nitrogens with zero attached hydrogens (tertiary/aromatic N) is 1. The second-order valence-corrected chi connectivity index (χ2v) is 10.4. The van der Waals surface area contributed by atoms with Crippen LogP contribution >= 0.6 is 23.2 Å². The fourth-order valence-corrected chi connectivity index (χ4v) is 4.56. The first kappa shape index (κ1) is 28.1. The van der Waals surface area contributed by atoms with E-state index < -0.39 is 34.5 Å². The first-order chi connectivity index (χ1) is 17.6. The normalized spacial score (nSPS) is 13.4. The third-order valence-electron chi connectivity index (χ3n) is 5.34. The van der Waals surface area contributed by atoms with E-state index in [4.69, 9.17) is 34.3 Å². The van der Waals surface area contributed by atoms with Crippen molar-refractivity contribution in [3.8, 4) is 0 Å². The van der Waals surface area contributed by atoms with Crippen molar-refractivity contribution in [2.75, 3.05) is 13.2 Å². The Balaban J connectivity index is 1.96. The second kappa shape index (κ2) is 12.7. The van der Waals surface area contributed by atoms with Gasteiger partial charge in [0.05, 0.1) is 11.5 Å². The molecule has 0 aliphatic carbocycles. The number of halogens is 2. The minimum Gasteiger partial charge on any atom is -0.394 e. The molecule has 6 N–H and O–H groups in total. The van der Waals surface area contributed by atoms with Crippen molar-refractivity contribution in [1.82, 2.24) is 10.6 Å². The quantitative estimate of drug-likeness (QED) is 0.189. The van der Waals surface area contributed by atoms with E-state index in [1.54, 1.807) is 24.3 Å². The number of guanidine groups is 1. The molecular weight excluding hydrogens is 537 g/mol. The fraction of sp³-hybridized carbons (Fsp3) is 0.160. The van der Waals surface area contributed by atoms with Crippen LogP contribution in [0.2, 0.25) is 10.0 Å². The number of rotatable bonds is 10. The highest BCUT2D eigenvalue weighted by Crippen LogP contribution is 2.22. The predicted molar refractivity (Wildman–Crippen MR) is 145 cm³/mol. The smallest absolute Gasteiger partial charge is 0.285 e. The van der Waals surface area contributed by atoms with Crippen molar-refractivity contribution in [3.05, 3.63) is 100 Å². The molecular formula is C25H25Cl2N5O4S. The summed E-state index contributed by atoms with van der Waals surface area (Å²) in [6.07, 6.45) is 0. The number of carbonyl (C=O) groups is 1. The summed E-state index contributed by atoms with van der Waals surface area (Å²) in [6.45, 7) is -0.676. The maximum Gasteiger partial charge on any atom is 0.285 e. The highest BCUT2D eigenvalue weighted by atomic mass is 35.5. The molecule has 0 bridgehead atoms. The minimum absolute atomic E-state index is 0.0182. The fourth-order valence-electron chi connectivity index (χ4n) is 3.36. The number of nitrogens with one attached hydrogen (secondary N) is 3. The van der Waals surface area contributed by atoms with Crippen LogP contribution in [0.4, 0.5) is 0 Å². The highest BCUT2D eigenvalue weighted by Gasteiger charge is 2.23. The van der Waals surface area contributed by atoms with E-state index in [0.717, 1.165) is 5.56 Å². The zero-order valence-corrected chi connectivity index (χ0v) is 21.8. The van der Waals surface area contributed by atoms with E-state index in [2.05, 4.69) is 15.0 Å². The number of nitrogens with two attached hydrogens (primary N) is 1. The summed E-state index contributed by atoms with van der Waals surface area (Å²) in [5.74, 6) is -1.78. The Bertz CT molecular complexity index is 1370. The second-order valence-electron chi connectivity index (χ2n) is 7.92. The molecule has 0 fully saturated rings. The van der Waals surface area contributed by atoms with Gasteiger partial charge in [0.2, 0.25) is 11.9 Å². The number of benzene rings is 3. The molecule has 37 heavy (non-hydrogen) atoms. The molecule has 0 saturated carbocycles. The highest BCUT2D eigenvalue weighted by molar-refractivity contribution is 7.90. The van der Waals surface area contributed by atoms with Gasteiger partial charge in [0, 0.05) is 28.2 Å². The Morgan fingerprint density at radius 1 is 0.973 bits per heavy atom. The first-order valence-corrected chi connectivity index (χ1v) is 13.2. The SMILES string of the molecule is N=C(c1ccc(Cl)cc1)[C@H](CN/C(=N/S(=O)(=O)c1ccc(Cl)cc1)N[C@@H](CO)C(N)=O)c1ccccc1. The molecule has 2 atom stereocenters. The molecule has 3 rings (SSSR count). The monoisotopic (exact) mass is 561 g/mol. The Morgan fingerprint density at radius 2 is 1.54 bits per heavy atom. The van der Waals surface area contributed by atoms with Crippen LogP contribution in [0.1, 0.15) is 17.0 Å². The topological polar surface area (TPSA) is 158 Å². The first-order valence-electron chi connectivity index (χ1n) is 11.0. The molecule has 12 heteroatoms. The molecule has 0 heterocycles. The van der Waals surface area contributed by atoms with Gasteiger partial charge < -0.3 is 26.9 Å².